The number of aliphatic hydroxyl groups is 2. The first-order chi connectivity index (χ1) is 7.31. The molecule has 2 aromatic rings. The molecule has 0 aliphatic carbocycles. The molecule has 80 valence electrons. The minimum absolute atomic E-state index is 0.244. The smallest absolute Gasteiger partial charge is 0.196 e. The second kappa shape index (κ2) is 4.28. The summed E-state index contributed by atoms with van der Waals surface area (Å²) in [4.78, 5) is 3.81. The van der Waals surface area contributed by atoms with E-state index in [1.54, 1.807) is 10.7 Å². The first kappa shape index (κ1) is 9.94. The lowest BCUT2D eigenvalue weighted by atomic mass is 10.2. The summed E-state index contributed by atoms with van der Waals surface area (Å²) in [5, 5.41) is 29.6. The highest BCUT2D eigenvalue weighted by Crippen LogP contribution is 2.03. The van der Waals surface area contributed by atoms with Gasteiger partial charge in [0.05, 0.1) is 18.9 Å². The molecule has 1 atom stereocenters. The van der Waals surface area contributed by atoms with E-state index in [0.717, 1.165) is 0 Å². The average Bonchev–Trinajstić information content (AvgIpc) is 2.69. The van der Waals surface area contributed by atoms with Crippen LogP contribution in [0, 0.1) is 0 Å². The topological polar surface area (TPSA) is 96.4 Å². The van der Waals surface area contributed by atoms with Crippen LogP contribution in [0.5, 0.6) is 0 Å². The minimum atomic E-state index is -0.723. The van der Waals surface area contributed by atoms with Crippen LogP contribution in [0.4, 0.5) is 0 Å². The molecule has 0 fully saturated rings. The van der Waals surface area contributed by atoms with Gasteiger partial charge in [-0.1, -0.05) is 0 Å². The molecule has 0 aliphatic rings. The fraction of sp³-hybridized carbons (Fsp3) is 0.500. The normalized spacial score (nSPS) is 13.2. The Hall–Kier alpha value is -1.60. The SMILES string of the molecule is OCC(O)CCc1nnc2cncnn12. The van der Waals surface area contributed by atoms with Crippen molar-refractivity contribution in [2.45, 2.75) is 18.9 Å². The highest BCUT2D eigenvalue weighted by atomic mass is 16.3. The summed E-state index contributed by atoms with van der Waals surface area (Å²) in [5.74, 6) is 0.653. The van der Waals surface area contributed by atoms with Crippen LogP contribution in [0.1, 0.15) is 12.2 Å². The first-order valence-electron chi connectivity index (χ1n) is 4.60. The molecule has 15 heavy (non-hydrogen) atoms. The molecule has 0 saturated heterocycles. The zero-order valence-corrected chi connectivity index (χ0v) is 7.98. The summed E-state index contributed by atoms with van der Waals surface area (Å²) >= 11 is 0. The first-order valence-corrected chi connectivity index (χ1v) is 4.60. The summed E-state index contributed by atoms with van der Waals surface area (Å²) in [7, 11) is 0. The molecule has 2 heterocycles. The predicted octanol–water partition coefficient (Wildman–Crippen LogP) is -1.19. The Morgan fingerprint density at radius 3 is 3.07 bits per heavy atom. The number of fused-ring (bicyclic) bond motifs is 1. The standard InChI is InChI=1S/C8H11N5O2/c14-4-6(15)1-2-7-11-12-8-3-9-5-10-13(7)8/h3,5-6,14-15H,1-2,4H2. The largest absolute Gasteiger partial charge is 0.394 e. The van der Waals surface area contributed by atoms with E-state index in [1.165, 1.54) is 6.33 Å². The summed E-state index contributed by atoms with van der Waals surface area (Å²) in [6, 6.07) is 0. The number of hydrogen-bond acceptors (Lipinski definition) is 6. The van der Waals surface area contributed by atoms with Crippen molar-refractivity contribution in [3.05, 3.63) is 18.3 Å². The molecule has 0 aliphatic heterocycles. The number of aliphatic hydroxyl groups excluding tert-OH is 2. The third-order valence-electron chi connectivity index (χ3n) is 2.07. The van der Waals surface area contributed by atoms with Crippen molar-refractivity contribution in [3.63, 3.8) is 0 Å². The lowest BCUT2D eigenvalue weighted by Gasteiger charge is -2.04. The Morgan fingerprint density at radius 1 is 1.40 bits per heavy atom. The van der Waals surface area contributed by atoms with Crippen LogP contribution in [0.25, 0.3) is 5.65 Å². The Balaban J connectivity index is 2.14. The van der Waals surface area contributed by atoms with E-state index < -0.39 is 6.10 Å². The minimum Gasteiger partial charge on any atom is -0.394 e. The van der Waals surface area contributed by atoms with E-state index >= 15 is 0 Å². The predicted molar refractivity (Wildman–Crippen MR) is 50.0 cm³/mol. The van der Waals surface area contributed by atoms with Gasteiger partial charge in [-0.3, -0.25) is 0 Å². The van der Waals surface area contributed by atoms with Gasteiger partial charge in [-0.25, -0.2) is 4.98 Å². The van der Waals surface area contributed by atoms with Crippen LogP contribution in [-0.2, 0) is 6.42 Å². The molecular formula is C8H11N5O2. The molecule has 1 unspecified atom stereocenters. The number of rotatable bonds is 4. The molecule has 0 aromatic carbocycles. The Bertz CT molecular complexity index is 443. The molecule has 0 spiro atoms. The van der Waals surface area contributed by atoms with Crippen molar-refractivity contribution < 1.29 is 10.2 Å². The maximum absolute atomic E-state index is 9.19. The second-order valence-corrected chi connectivity index (χ2v) is 3.17. The van der Waals surface area contributed by atoms with Crippen LogP contribution in [0.2, 0.25) is 0 Å². The second-order valence-electron chi connectivity index (χ2n) is 3.17. The quantitative estimate of drug-likeness (QED) is 0.657. The van der Waals surface area contributed by atoms with Gasteiger partial charge in [-0.05, 0) is 6.42 Å². The number of aromatic nitrogens is 5. The lowest BCUT2D eigenvalue weighted by Crippen LogP contribution is -2.13. The number of aryl methyl sites for hydroxylation is 1. The lowest BCUT2D eigenvalue weighted by molar-refractivity contribution is 0.0880. The Labute approximate surface area is 85.4 Å². The van der Waals surface area contributed by atoms with E-state index in [9.17, 15) is 5.11 Å². The van der Waals surface area contributed by atoms with Gasteiger partial charge in [0.25, 0.3) is 0 Å². The van der Waals surface area contributed by atoms with E-state index in [0.29, 0.717) is 24.3 Å². The summed E-state index contributed by atoms with van der Waals surface area (Å²) in [5.41, 5.74) is 0.575. The molecule has 2 aromatic heterocycles. The van der Waals surface area contributed by atoms with Crippen LogP contribution < -0.4 is 0 Å². The van der Waals surface area contributed by atoms with Crippen LogP contribution in [-0.4, -0.2) is 47.7 Å². The monoisotopic (exact) mass is 209 g/mol. The molecule has 0 amide bonds. The van der Waals surface area contributed by atoms with Gasteiger partial charge in [0.15, 0.2) is 11.5 Å². The van der Waals surface area contributed by atoms with Crippen LogP contribution in [0.15, 0.2) is 12.5 Å². The molecule has 0 bridgehead atoms. The Kier molecular flexibility index (Phi) is 2.84. The van der Waals surface area contributed by atoms with Gasteiger partial charge in [0.1, 0.15) is 6.33 Å². The Morgan fingerprint density at radius 2 is 2.27 bits per heavy atom. The van der Waals surface area contributed by atoms with E-state index in [2.05, 4.69) is 20.3 Å². The van der Waals surface area contributed by atoms with Crippen molar-refractivity contribution in [1.29, 1.82) is 0 Å². The highest BCUT2D eigenvalue weighted by Gasteiger charge is 2.08. The molecule has 0 radical (unpaired) electrons. The molecule has 0 saturated carbocycles. The number of hydrogen-bond donors (Lipinski definition) is 2. The fourth-order valence-corrected chi connectivity index (χ4v) is 1.26. The molecule has 2 rings (SSSR count). The van der Waals surface area contributed by atoms with Crippen LogP contribution >= 0.6 is 0 Å². The van der Waals surface area contributed by atoms with Gasteiger partial charge >= 0.3 is 0 Å². The van der Waals surface area contributed by atoms with Crippen molar-refractivity contribution in [1.82, 2.24) is 24.8 Å². The van der Waals surface area contributed by atoms with Gasteiger partial charge in [-0.15, -0.1) is 10.2 Å². The van der Waals surface area contributed by atoms with E-state index in [-0.39, 0.29) is 6.61 Å². The molecule has 7 nitrogen and oxygen atoms in total. The summed E-state index contributed by atoms with van der Waals surface area (Å²) in [6.45, 7) is -0.244. The third-order valence-corrected chi connectivity index (χ3v) is 2.07. The van der Waals surface area contributed by atoms with Crippen molar-refractivity contribution >= 4 is 5.65 Å². The van der Waals surface area contributed by atoms with Gasteiger partial charge < -0.3 is 10.2 Å². The van der Waals surface area contributed by atoms with E-state index in [1.807, 2.05) is 0 Å². The summed E-state index contributed by atoms with van der Waals surface area (Å²) < 4.78 is 1.57. The number of nitrogens with zero attached hydrogens (tertiary/aromatic N) is 5. The molecule has 7 heteroatoms. The van der Waals surface area contributed by atoms with Gasteiger partial charge in [-0.2, -0.15) is 9.61 Å². The van der Waals surface area contributed by atoms with Crippen molar-refractivity contribution in [3.8, 4) is 0 Å². The van der Waals surface area contributed by atoms with Gasteiger partial charge in [0, 0.05) is 6.42 Å². The molecule has 2 N–H and O–H groups in total. The van der Waals surface area contributed by atoms with Gasteiger partial charge in [0.2, 0.25) is 0 Å². The van der Waals surface area contributed by atoms with Crippen molar-refractivity contribution in [2.75, 3.05) is 6.61 Å². The van der Waals surface area contributed by atoms with Crippen molar-refractivity contribution in [2.24, 2.45) is 0 Å². The molecular weight excluding hydrogens is 198 g/mol. The van der Waals surface area contributed by atoms with E-state index in [4.69, 9.17) is 5.11 Å². The third kappa shape index (κ3) is 2.08. The zero-order valence-electron chi connectivity index (χ0n) is 7.98. The zero-order chi connectivity index (χ0) is 10.7. The average molecular weight is 209 g/mol. The highest BCUT2D eigenvalue weighted by molar-refractivity contribution is 5.31. The maximum Gasteiger partial charge on any atom is 0.196 e. The maximum atomic E-state index is 9.19. The fourth-order valence-electron chi connectivity index (χ4n) is 1.26. The van der Waals surface area contributed by atoms with Crippen LogP contribution in [0.3, 0.4) is 0 Å². The summed E-state index contributed by atoms with van der Waals surface area (Å²) in [6.07, 6.45) is 3.19.